The van der Waals surface area contributed by atoms with Crippen molar-refractivity contribution in [3.63, 3.8) is 0 Å². The lowest BCUT2D eigenvalue weighted by atomic mass is 10.1. The monoisotopic (exact) mass is 305 g/mol. The summed E-state index contributed by atoms with van der Waals surface area (Å²) in [7, 11) is 0. The Balaban J connectivity index is 1.67. The zero-order chi connectivity index (χ0) is 15.0. The second-order valence-corrected chi connectivity index (χ2v) is 7.12. The number of likely N-dealkylation sites (tertiary alicyclic amines) is 1. The molecule has 0 saturated carbocycles. The SMILES string of the molecule is Cc1cc(C)n([C@@H]2CCN(Cc3snnc3C(C)C)C2)n1. The molecule has 0 spiro atoms. The van der Waals surface area contributed by atoms with Crippen molar-refractivity contribution < 1.29 is 0 Å². The van der Waals surface area contributed by atoms with Crippen LogP contribution in [0.4, 0.5) is 0 Å². The standard InChI is InChI=1S/C15H23N5S/c1-10(2)15-14(21-18-16-15)9-19-6-5-13(8-19)20-12(4)7-11(3)17-20/h7,10,13H,5-6,8-9H2,1-4H3/t13-/m1/s1. The Morgan fingerprint density at radius 3 is 2.86 bits per heavy atom. The Kier molecular flexibility index (Phi) is 4.08. The van der Waals surface area contributed by atoms with Gasteiger partial charge in [-0.2, -0.15) is 5.10 Å². The van der Waals surface area contributed by atoms with E-state index in [1.54, 1.807) is 11.5 Å². The van der Waals surface area contributed by atoms with Crippen LogP contribution in [0.1, 0.15) is 54.2 Å². The van der Waals surface area contributed by atoms with Crippen molar-refractivity contribution in [3.8, 4) is 0 Å². The lowest BCUT2D eigenvalue weighted by molar-refractivity contribution is 0.311. The molecule has 3 rings (SSSR count). The largest absolute Gasteiger partial charge is 0.296 e. The van der Waals surface area contributed by atoms with Gasteiger partial charge in [-0.3, -0.25) is 9.58 Å². The summed E-state index contributed by atoms with van der Waals surface area (Å²) in [5.74, 6) is 0.452. The Hall–Kier alpha value is -1.27. The van der Waals surface area contributed by atoms with E-state index in [9.17, 15) is 0 Å². The van der Waals surface area contributed by atoms with Crippen molar-refractivity contribution in [2.75, 3.05) is 13.1 Å². The molecule has 0 aliphatic carbocycles. The van der Waals surface area contributed by atoms with Gasteiger partial charge in [-0.15, -0.1) is 5.10 Å². The summed E-state index contributed by atoms with van der Waals surface area (Å²) in [6, 6.07) is 2.66. The summed E-state index contributed by atoms with van der Waals surface area (Å²) in [5.41, 5.74) is 3.54. The highest BCUT2D eigenvalue weighted by Crippen LogP contribution is 2.27. The second kappa shape index (κ2) is 5.85. The van der Waals surface area contributed by atoms with Crippen LogP contribution >= 0.6 is 11.5 Å². The third kappa shape index (κ3) is 3.01. The maximum absolute atomic E-state index is 4.64. The average molecular weight is 305 g/mol. The molecule has 0 unspecified atom stereocenters. The summed E-state index contributed by atoms with van der Waals surface area (Å²) in [6.45, 7) is 11.7. The molecule has 1 fully saturated rings. The van der Waals surface area contributed by atoms with Crippen molar-refractivity contribution >= 4 is 11.5 Å². The van der Waals surface area contributed by atoms with Crippen molar-refractivity contribution in [1.82, 2.24) is 24.3 Å². The van der Waals surface area contributed by atoms with Gasteiger partial charge in [0, 0.05) is 25.3 Å². The number of rotatable bonds is 4. The quantitative estimate of drug-likeness (QED) is 0.871. The first kappa shape index (κ1) is 14.7. The van der Waals surface area contributed by atoms with E-state index in [4.69, 9.17) is 0 Å². The van der Waals surface area contributed by atoms with Gasteiger partial charge in [0.25, 0.3) is 0 Å². The minimum Gasteiger partial charge on any atom is -0.296 e. The summed E-state index contributed by atoms with van der Waals surface area (Å²) in [5, 5.41) is 8.91. The van der Waals surface area contributed by atoms with Gasteiger partial charge in [-0.1, -0.05) is 18.3 Å². The van der Waals surface area contributed by atoms with Crippen LogP contribution in [0.3, 0.4) is 0 Å². The third-order valence-corrected chi connectivity index (χ3v) is 4.86. The molecular formula is C15H23N5S. The highest BCUT2D eigenvalue weighted by atomic mass is 32.1. The maximum atomic E-state index is 4.64. The first-order valence-electron chi connectivity index (χ1n) is 7.61. The fourth-order valence-corrected chi connectivity index (χ4v) is 3.98. The van der Waals surface area contributed by atoms with Crippen molar-refractivity contribution in [3.05, 3.63) is 28.0 Å². The van der Waals surface area contributed by atoms with Crippen LogP contribution in [-0.2, 0) is 6.54 Å². The predicted octanol–water partition coefficient (Wildman–Crippen LogP) is 2.92. The van der Waals surface area contributed by atoms with Crippen LogP contribution in [0.5, 0.6) is 0 Å². The van der Waals surface area contributed by atoms with Crippen molar-refractivity contribution in [1.29, 1.82) is 0 Å². The van der Waals surface area contributed by atoms with E-state index in [1.165, 1.54) is 17.0 Å². The fourth-order valence-electron chi connectivity index (χ4n) is 3.14. The van der Waals surface area contributed by atoms with Gasteiger partial charge < -0.3 is 0 Å². The zero-order valence-corrected chi connectivity index (χ0v) is 14.0. The van der Waals surface area contributed by atoms with Crippen molar-refractivity contribution in [2.24, 2.45) is 0 Å². The topological polar surface area (TPSA) is 46.8 Å². The molecule has 1 atom stereocenters. The van der Waals surface area contributed by atoms with E-state index >= 15 is 0 Å². The summed E-state index contributed by atoms with van der Waals surface area (Å²) >= 11 is 1.54. The van der Waals surface area contributed by atoms with Gasteiger partial charge in [0.15, 0.2) is 0 Å². The lowest BCUT2D eigenvalue weighted by Crippen LogP contribution is -2.22. The maximum Gasteiger partial charge on any atom is 0.0826 e. The lowest BCUT2D eigenvalue weighted by Gasteiger charge is -2.17. The summed E-state index contributed by atoms with van der Waals surface area (Å²) in [6.07, 6.45) is 1.17. The number of aryl methyl sites for hydroxylation is 2. The first-order chi connectivity index (χ1) is 10.0. The van der Waals surface area contributed by atoms with Crippen LogP contribution in [0.15, 0.2) is 6.07 Å². The zero-order valence-electron chi connectivity index (χ0n) is 13.2. The van der Waals surface area contributed by atoms with E-state index in [0.717, 1.165) is 31.0 Å². The third-order valence-electron chi connectivity index (χ3n) is 4.14. The molecule has 5 nitrogen and oxygen atoms in total. The summed E-state index contributed by atoms with van der Waals surface area (Å²) < 4.78 is 6.33. The molecule has 0 bridgehead atoms. The molecule has 0 amide bonds. The molecule has 2 aromatic heterocycles. The van der Waals surface area contributed by atoms with Gasteiger partial charge >= 0.3 is 0 Å². The first-order valence-corrected chi connectivity index (χ1v) is 8.38. The van der Waals surface area contributed by atoms with Crippen LogP contribution in [0.2, 0.25) is 0 Å². The van der Waals surface area contributed by atoms with Gasteiger partial charge in [0.05, 0.1) is 22.3 Å². The van der Waals surface area contributed by atoms with E-state index in [-0.39, 0.29) is 0 Å². The average Bonchev–Trinajstić information content (AvgIpc) is 3.10. The molecule has 6 heteroatoms. The number of hydrogen-bond acceptors (Lipinski definition) is 5. The molecular weight excluding hydrogens is 282 g/mol. The van der Waals surface area contributed by atoms with Gasteiger partial charge in [-0.25, -0.2) is 0 Å². The van der Waals surface area contributed by atoms with E-state index in [0.29, 0.717) is 12.0 Å². The molecule has 0 N–H and O–H groups in total. The van der Waals surface area contributed by atoms with E-state index in [1.807, 2.05) is 0 Å². The molecule has 1 aliphatic rings. The van der Waals surface area contributed by atoms with Crippen LogP contribution in [0, 0.1) is 13.8 Å². The number of nitrogens with zero attached hydrogens (tertiary/aromatic N) is 5. The molecule has 114 valence electrons. The molecule has 0 radical (unpaired) electrons. The highest BCUT2D eigenvalue weighted by molar-refractivity contribution is 7.05. The highest BCUT2D eigenvalue weighted by Gasteiger charge is 2.27. The predicted molar refractivity (Wildman–Crippen MR) is 84.6 cm³/mol. The minimum atomic E-state index is 0.452. The number of aromatic nitrogens is 4. The molecule has 1 aliphatic heterocycles. The Labute approximate surface area is 130 Å². The van der Waals surface area contributed by atoms with Gasteiger partial charge in [0.1, 0.15) is 0 Å². The number of hydrogen-bond donors (Lipinski definition) is 0. The molecule has 21 heavy (non-hydrogen) atoms. The Morgan fingerprint density at radius 1 is 1.38 bits per heavy atom. The fraction of sp³-hybridized carbons (Fsp3) is 0.667. The molecule has 2 aromatic rings. The van der Waals surface area contributed by atoms with Gasteiger partial charge in [-0.05, 0) is 43.8 Å². The second-order valence-electron chi connectivity index (χ2n) is 6.29. The van der Waals surface area contributed by atoms with Crippen LogP contribution < -0.4 is 0 Å². The van der Waals surface area contributed by atoms with Crippen LogP contribution in [-0.4, -0.2) is 37.4 Å². The molecule has 3 heterocycles. The minimum absolute atomic E-state index is 0.452. The Bertz CT molecular complexity index is 615. The van der Waals surface area contributed by atoms with E-state index < -0.39 is 0 Å². The Morgan fingerprint density at radius 2 is 2.19 bits per heavy atom. The summed E-state index contributed by atoms with van der Waals surface area (Å²) in [4.78, 5) is 3.82. The van der Waals surface area contributed by atoms with E-state index in [2.05, 4.69) is 58.0 Å². The molecule has 0 aromatic carbocycles. The van der Waals surface area contributed by atoms with Crippen molar-refractivity contribution in [2.45, 2.75) is 52.6 Å². The normalized spacial score (nSPS) is 19.8. The van der Waals surface area contributed by atoms with Crippen LogP contribution in [0.25, 0.3) is 0 Å². The van der Waals surface area contributed by atoms with Gasteiger partial charge in [0.2, 0.25) is 0 Å². The molecule has 1 saturated heterocycles. The smallest absolute Gasteiger partial charge is 0.0826 e.